The molecule has 0 bridgehead atoms. The van der Waals surface area contributed by atoms with E-state index in [0.29, 0.717) is 30.0 Å². The third-order valence-corrected chi connectivity index (χ3v) is 5.03. The van der Waals surface area contributed by atoms with Crippen LogP contribution in [-0.2, 0) is 17.3 Å². The van der Waals surface area contributed by atoms with Crippen LogP contribution < -0.4 is 0 Å². The summed E-state index contributed by atoms with van der Waals surface area (Å²) in [5.74, 6) is 0.363. The average molecular weight is 320 g/mol. The highest BCUT2D eigenvalue weighted by atomic mass is 19.4. The van der Waals surface area contributed by atoms with Gasteiger partial charge < -0.3 is 9.72 Å². The molecule has 120 valence electrons. The molecule has 23 heavy (non-hydrogen) atoms. The standard InChI is InChI=1S/C17H15F3N2O/c18-17(19,20)12-5-4-10(8-21)14-13(12)11-6-7-23-16(15(11)22-14)9-2-1-3-9/h4-5,9,16,22H,1-3,6-7H2. The van der Waals surface area contributed by atoms with E-state index < -0.39 is 11.7 Å². The second kappa shape index (κ2) is 5.00. The Hall–Kier alpha value is -2.00. The highest BCUT2D eigenvalue weighted by molar-refractivity contribution is 5.92. The summed E-state index contributed by atoms with van der Waals surface area (Å²) in [5, 5.41) is 9.39. The van der Waals surface area contributed by atoms with Gasteiger partial charge in [0.1, 0.15) is 12.2 Å². The van der Waals surface area contributed by atoms with E-state index in [4.69, 9.17) is 4.74 Å². The van der Waals surface area contributed by atoms with Gasteiger partial charge in [0.15, 0.2) is 0 Å². The quantitative estimate of drug-likeness (QED) is 0.842. The van der Waals surface area contributed by atoms with Crippen LogP contribution in [0.2, 0.25) is 0 Å². The number of aromatic nitrogens is 1. The van der Waals surface area contributed by atoms with Crippen LogP contribution in [0.15, 0.2) is 12.1 Å². The van der Waals surface area contributed by atoms with Crippen LogP contribution in [-0.4, -0.2) is 11.6 Å². The first-order valence-corrected chi connectivity index (χ1v) is 7.77. The molecule has 4 rings (SSSR count). The molecule has 3 nitrogen and oxygen atoms in total. The van der Waals surface area contributed by atoms with Gasteiger partial charge in [0.25, 0.3) is 0 Å². The van der Waals surface area contributed by atoms with Crippen molar-refractivity contribution in [3.63, 3.8) is 0 Å². The van der Waals surface area contributed by atoms with Crippen molar-refractivity contribution in [1.29, 1.82) is 5.26 Å². The van der Waals surface area contributed by atoms with Crippen LogP contribution in [0.25, 0.3) is 10.9 Å². The lowest BCUT2D eigenvalue weighted by Gasteiger charge is -2.36. The van der Waals surface area contributed by atoms with Crippen LogP contribution in [0.3, 0.4) is 0 Å². The van der Waals surface area contributed by atoms with Gasteiger partial charge in [0.05, 0.1) is 23.3 Å². The number of ether oxygens (including phenoxy) is 1. The predicted octanol–water partition coefficient (Wildman–Crippen LogP) is 4.47. The Morgan fingerprint density at radius 3 is 2.65 bits per heavy atom. The average Bonchev–Trinajstić information content (AvgIpc) is 2.84. The summed E-state index contributed by atoms with van der Waals surface area (Å²) in [7, 11) is 0. The van der Waals surface area contributed by atoms with Crippen molar-refractivity contribution in [2.24, 2.45) is 5.92 Å². The van der Waals surface area contributed by atoms with Crippen molar-refractivity contribution in [3.05, 3.63) is 34.5 Å². The summed E-state index contributed by atoms with van der Waals surface area (Å²) < 4.78 is 46.1. The van der Waals surface area contributed by atoms with E-state index in [-0.39, 0.29) is 17.1 Å². The maximum atomic E-state index is 13.4. The number of nitrogens with one attached hydrogen (secondary N) is 1. The summed E-state index contributed by atoms with van der Waals surface area (Å²) in [6.45, 7) is 0.426. The number of aromatic amines is 1. The van der Waals surface area contributed by atoms with E-state index in [1.165, 1.54) is 6.07 Å². The Labute approximate surface area is 131 Å². The third-order valence-electron chi connectivity index (χ3n) is 5.03. The maximum Gasteiger partial charge on any atom is 0.417 e. The number of benzene rings is 1. The van der Waals surface area contributed by atoms with Crippen molar-refractivity contribution in [3.8, 4) is 6.07 Å². The summed E-state index contributed by atoms with van der Waals surface area (Å²) in [5.41, 5.74) is 1.28. The highest BCUT2D eigenvalue weighted by Gasteiger charge is 2.39. The van der Waals surface area contributed by atoms with Crippen molar-refractivity contribution >= 4 is 10.9 Å². The number of nitriles is 1. The zero-order valence-corrected chi connectivity index (χ0v) is 12.3. The van der Waals surface area contributed by atoms with Crippen LogP contribution in [0.1, 0.15) is 47.8 Å². The van der Waals surface area contributed by atoms with Crippen LogP contribution in [0, 0.1) is 17.2 Å². The zero-order valence-electron chi connectivity index (χ0n) is 12.3. The van der Waals surface area contributed by atoms with Crippen LogP contribution >= 0.6 is 0 Å². The predicted molar refractivity (Wildman–Crippen MR) is 77.8 cm³/mol. The summed E-state index contributed by atoms with van der Waals surface area (Å²) >= 11 is 0. The fourth-order valence-electron chi connectivity index (χ4n) is 3.71. The Morgan fingerprint density at radius 2 is 2.04 bits per heavy atom. The van der Waals surface area contributed by atoms with Gasteiger partial charge in [-0.1, -0.05) is 6.42 Å². The molecule has 2 aromatic rings. The Bertz CT molecular complexity index is 812. The number of rotatable bonds is 1. The van der Waals surface area contributed by atoms with Crippen molar-refractivity contribution in [2.75, 3.05) is 6.61 Å². The Kier molecular flexibility index (Phi) is 3.17. The molecule has 1 aliphatic heterocycles. The molecule has 6 heteroatoms. The first-order valence-electron chi connectivity index (χ1n) is 7.77. The van der Waals surface area contributed by atoms with E-state index in [2.05, 4.69) is 4.98 Å². The SMILES string of the molecule is N#Cc1ccc(C(F)(F)F)c2c3c([nH]c12)C(C1CCC1)OCC3. The molecule has 0 saturated heterocycles. The molecule has 1 unspecified atom stereocenters. The molecule has 1 aromatic heterocycles. The lowest BCUT2D eigenvalue weighted by Crippen LogP contribution is -2.27. The summed E-state index contributed by atoms with van der Waals surface area (Å²) in [6, 6.07) is 4.25. The molecule has 2 aliphatic rings. The van der Waals surface area contributed by atoms with E-state index in [1.807, 2.05) is 6.07 Å². The molecule has 0 radical (unpaired) electrons. The van der Waals surface area contributed by atoms with Gasteiger partial charge in [-0.15, -0.1) is 0 Å². The minimum absolute atomic E-state index is 0.152. The zero-order chi connectivity index (χ0) is 16.2. The van der Waals surface area contributed by atoms with Gasteiger partial charge in [0, 0.05) is 11.1 Å². The van der Waals surface area contributed by atoms with Crippen LogP contribution in [0.5, 0.6) is 0 Å². The smallest absolute Gasteiger partial charge is 0.371 e. The number of H-pyrrole nitrogens is 1. The Morgan fingerprint density at radius 1 is 1.26 bits per heavy atom. The van der Waals surface area contributed by atoms with E-state index in [0.717, 1.165) is 31.0 Å². The molecule has 0 amide bonds. The summed E-state index contributed by atoms with van der Waals surface area (Å²) in [6.07, 6.45) is -0.958. The second-order valence-corrected chi connectivity index (χ2v) is 6.27. The number of hydrogen-bond donors (Lipinski definition) is 1. The highest BCUT2D eigenvalue weighted by Crippen LogP contribution is 2.47. The Balaban J connectivity index is 1.99. The number of nitrogens with zero attached hydrogens (tertiary/aromatic N) is 1. The minimum Gasteiger partial charge on any atom is -0.371 e. The fraction of sp³-hybridized carbons (Fsp3) is 0.471. The molecule has 1 fully saturated rings. The number of hydrogen-bond acceptors (Lipinski definition) is 2. The topological polar surface area (TPSA) is 48.8 Å². The molecular weight excluding hydrogens is 305 g/mol. The molecular formula is C17H15F3N2O. The lowest BCUT2D eigenvalue weighted by atomic mass is 9.78. The molecule has 1 aliphatic carbocycles. The number of alkyl halides is 3. The van der Waals surface area contributed by atoms with Crippen molar-refractivity contribution in [2.45, 2.75) is 38.0 Å². The second-order valence-electron chi connectivity index (χ2n) is 6.27. The number of halogens is 3. The van der Waals surface area contributed by atoms with Crippen LogP contribution in [0.4, 0.5) is 13.2 Å². The normalized spacial score (nSPS) is 21.7. The van der Waals surface area contributed by atoms with Gasteiger partial charge in [-0.25, -0.2) is 0 Å². The van der Waals surface area contributed by atoms with E-state index in [1.54, 1.807) is 0 Å². The minimum atomic E-state index is -4.44. The third kappa shape index (κ3) is 2.14. The first-order chi connectivity index (χ1) is 11.0. The van der Waals surface area contributed by atoms with Gasteiger partial charge in [-0.2, -0.15) is 18.4 Å². The van der Waals surface area contributed by atoms with Gasteiger partial charge >= 0.3 is 6.18 Å². The molecule has 1 saturated carbocycles. The fourth-order valence-corrected chi connectivity index (χ4v) is 3.71. The van der Waals surface area contributed by atoms with Gasteiger partial charge in [0.2, 0.25) is 0 Å². The molecule has 0 spiro atoms. The summed E-state index contributed by atoms with van der Waals surface area (Å²) in [4.78, 5) is 3.10. The molecule has 2 heterocycles. The molecule has 1 atom stereocenters. The van der Waals surface area contributed by atoms with Gasteiger partial charge in [-0.3, -0.25) is 0 Å². The first kappa shape index (κ1) is 14.6. The maximum absolute atomic E-state index is 13.4. The van der Waals surface area contributed by atoms with E-state index >= 15 is 0 Å². The van der Waals surface area contributed by atoms with Crippen molar-refractivity contribution < 1.29 is 17.9 Å². The molecule has 1 N–H and O–H groups in total. The lowest BCUT2D eigenvalue weighted by molar-refractivity contribution is -0.136. The van der Waals surface area contributed by atoms with Crippen molar-refractivity contribution in [1.82, 2.24) is 4.98 Å². The monoisotopic (exact) mass is 320 g/mol. The number of fused-ring (bicyclic) bond motifs is 3. The van der Waals surface area contributed by atoms with Gasteiger partial charge in [-0.05, 0) is 42.9 Å². The van der Waals surface area contributed by atoms with E-state index in [9.17, 15) is 18.4 Å². The molecule has 1 aromatic carbocycles. The largest absolute Gasteiger partial charge is 0.417 e.